The van der Waals surface area contributed by atoms with Gasteiger partial charge in [-0.2, -0.15) is 5.10 Å². The number of hydrogen-bond acceptors (Lipinski definition) is 5. The monoisotopic (exact) mass is 393 g/mol. The van der Waals surface area contributed by atoms with Crippen molar-refractivity contribution in [3.05, 3.63) is 59.3 Å². The van der Waals surface area contributed by atoms with Crippen LogP contribution in [-0.2, 0) is 11.2 Å². The zero-order chi connectivity index (χ0) is 20.5. The molecule has 4 rings (SSSR count). The normalized spacial score (nSPS) is 15.6. The van der Waals surface area contributed by atoms with Gasteiger partial charge in [0.15, 0.2) is 11.5 Å². The highest BCUT2D eigenvalue weighted by atomic mass is 16.5. The summed E-state index contributed by atoms with van der Waals surface area (Å²) in [5, 5.41) is 17.8. The first-order valence-corrected chi connectivity index (χ1v) is 9.48. The molecule has 2 heterocycles. The lowest BCUT2D eigenvalue weighted by Crippen LogP contribution is -2.24. The summed E-state index contributed by atoms with van der Waals surface area (Å²) in [7, 11) is 2.97. The Labute approximate surface area is 168 Å². The molecule has 1 aromatic heterocycles. The first-order valence-electron chi connectivity index (χ1n) is 9.48. The average molecular weight is 393 g/mol. The van der Waals surface area contributed by atoms with Crippen LogP contribution in [0.5, 0.6) is 17.2 Å². The van der Waals surface area contributed by atoms with Crippen LogP contribution in [0.1, 0.15) is 36.0 Å². The van der Waals surface area contributed by atoms with E-state index in [4.69, 9.17) is 9.47 Å². The van der Waals surface area contributed by atoms with E-state index in [1.54, 1.807) is 23.0 Å². The third-order valence-corrected chi connectivity index (χ3v) is 5.33. The van der Waals surface area contributed by atoms with E-state index in [1.807, 2.05) is 18.2 Å². The number of amides is 1. The first kappa shape index (κ1) is 18.9. The summed E-state index contributed by atoms with van der Waals surface area (Å²) in [4.78, 5) is 12.6. The van der Waals surface area contributed by atoms with Crippen LogP contribution < -0.4 is 14.8 Å². The number of nitrogens with zero attached hydrogens (tertiary/aromatic N) is 2. The van der Waals surface area contributed by atoms with E-state index < -0.39 is 0 Å². The van der Waals surface area contributed by atoms with Crippen molar-refractivity contribution in [3.63, 3.8) is 0 Å². The zero-order valence-electron chi connectivity index (χ0n) is 16.6. The number of aromatic nitrogens is 2. The number of aryl methyl sites for hydroxylation is 1. The number of phenols is 1. The number of carbonyl (C=O) groups excluding carboxylic acids is 1. The molecule has 3 aromatic rings. The van der Waals surface area contributed by atoms with Gasteiger partial charge >= 0.3 is 0 Å². The van der Waals surface area contributed by atoms with Gasteiger partial charge in [0.25, 0.3) is 0 Å². The number of phenolic OH excluding ortho intramolecular Hbond substituents is 1. The van der Waals surface area contributed by atoms with Crippen LogP contribution in [0, 0.1) is 0 Å². The summed E-state index contributed by atoms with van der Waals surface area (Å²) in [5.74, 6) is 0.880. The fourth-order valence-electron chi connectivity index (χ4n) is 3.83. The molecule has 0 aliphatic carbocycles. The quantitative estimate of drug-likeness (QED) is 0.691. The summed E-state index contributed by atoms with van der Waals surface area (Å²) in [5.41, 5.74) is 3.81. The van der Waals surface area contributed by atoms with Crippen molar-refractivity contribution in [2.45, 2.75) is 25.7 Å². The van der Waals surface area contributed by atoms with Crippen molar-refractivity contribution in [1.29, 1.82) is 0 Å². The number of benzene rings is 2. The van der Waals surface area contributed by atoms with Gasteiger partial charge in [-0.25, -0.2) is 4.68 Å². The van der Waals surface area contributed by atoms with Crippen molar-refractivity contribution in [3.8, 4) is 22.9 Å². The molecule has 0 radical (unpaired) electrons. The van der Waals surface area contributed by atoms with Gasteiger partial charge in [0, 0.05) is 17.9 Å². The largest absolute Gasteiger partial charge is 0.502 e. The van der Waals surface area contributed by atoms with Crippen LogP contribution in [0.25, 0.3) is 5.69 Å². The van der Waals surface area contributed by atoms with Crippen LogP contribution in [0.3, 0.4) is 0 Å². The van der Waals surface area contributed by atoms with Gasteiger partial charge in [0.1, 0.15) is 5.82 Å². The van der Waals surface area contributed by atoms with Gasteiger partial charge in [-0.15, -0.1) is 0 Å². The summed E-state index contributed by atoms with van der Waals surface area (Å²) < 4.78 is 12.4. The summed E-state index contributed by atoms with van der Waals surface area (Å²) >= 11 is 0. The summed E-state index contributed by atoms with van der Waals surface area (Å²) in [6.07, 6.45) is 2.91. The average Bonchev–Trinajstić information content (AvgIpc) is 3.16. The second-order valence-electron chi connectivity index (χ2n) is 6.92. The number of para-hydroxylation sites is 1. The van der Waals surface area contributed by atoms with Gasteiger partial charge < -0.3 is 19.9 Å². The molecule has 0 saturated heterocycles. The molecule has 1 unspecified atom stereocenters. The molecule has 0 saturated carbocycles. The van der Waals surface area contributed by atoms with Gasteiger partial charge in [-0.1, -0.05) is 25.1 Å². The Hall–Kier alpha value is -3.48. The maximum absolute atomic E-state index is 12.6. The molecule has 29 heavy (non-hydrogen) atoms. The fraction of sp³-hybridized carbons (Fsp3) is 0.273. The molecule has 0 bridgehead atoms. The topological polar surface area (TPSA) is 85.6 Å². The Bertz CT molecular complexity index is 1050. The molecule has 1 aliphatic heterocycles. The van der Waals surface area contributed by atoms with Gasteiger partial charge in [-0.3, -0.25) is 4.79 Å². The van der Waals surface area contributed by atoms with Crippen molar-refractivity contribution < 1.29 is 19.4 Å². The Morgan fingerprint density at radius 2 is 1.90 bits per heavy atom. The van der Waals surface area contributed by atoms with E-state index in [0.29, 0.717) is 17.3 Å². The predicted molar refractivity (Wildman–Crippen MR) is 109 cm³/mol. The number of ether oxygens (including phenoxy) is 2. The lowest BCUT2D eigenvalue weighted by molar-refractivity contribution is -0.116. The second kappa shape index (κ2) is 7.50. The van der Waals surface area contributed by atoms with E-state index in [9.17, 15) is 9.90 Å². The van der Waals surface area contributed by atoms with E-state index in [2.05, 4.69) is 23.4 Å². The van der Waals surface area contributed by atoms with Crippen LogP contribution in [0.2, 0.25) is 0 Å². The maximum atomic E-state index is 12.6. The van der Waals surface area contributed by atoms with Gasteiger partial charge in [0.2, 0.25) is 11.7 Å². The Balaban J connectivity index is 1.85. The highest BCUT2D eigenvalue weighted by Gasteiger charge is 2.32. The second-order valence-corrected chi connectivity index (χ2v) is 6.92. The smallest absolute Gasteiger partial charge is 0.226 e. The lowest BCUT2D eigenvalue weighted by atomic mass is 9.87. The molecule has 7 nitrogen and oxygen atoms in total. The van der Waals surface area contributed by atoms with Crippen LogP contribution in [0.15, 0.2) is 42.6 Å². The van der Waals surface area contributed by atoms with Crippen LogP contribution in [-0.4, -0.2) is 35.0 Å². The van der Waals surface area contributed by atoms with Crippen LogP contribution in [0.4, 0.5) is 5.82 Å². The number of fused-ring (bicyclic) bond motifs is 1. The molecule has 1 amide bonds. The molecular weight excluding hydrogens is 370 g/mol. The van der Waals surface area contributed by atoms with E-state index in [1.165, 1.54) is 14.2 Å². The number of nitrogens with one attached hydrogen (secondary N) is 1. The van der Waals surface area contributed by atoms with Crippen molar-refractivity contribution in [2.75, 3.05) is 19.5 Å². The Morgan fingerprint density at radius 3 is 2.55 bits per heavy atom. The number of anilines is 1. The fourth-order valence-corrected chi connectivity index (χ4v) is 3.83. The maximum Gasteiger partial charge on any atom is 0.226 e. The zero-order valence-corrected chi connectivity index (χ0v) is 16.6. The highest BCUT2D eigenvalue weighted by molar-refractivity contribution is 5.94. The minimum absolute atomic E-state index is 0.0631. The lowest BCUT2D eigenvalue weighted by Gasteiger charge is -2.25. The molecule has 150 valence electrons. The number of methoxy groups -OCH3 is 2. The van der Waals surface area contributed by atoms with Crippen LogP contribution >= 0.6 is 0 Å². The Morgan fingerprint density at radius 1 is 1.21 bits per heavy atom. The molecule has 2 N–H and O–H groups in total. The number of carbonyl (C=O) groups is 1. The molecule has 1 atom stereocenters. The third-order valence-electron chi connectivity index (χ3n) is 5.33. The first-order chi connectivity index (χ1) is 14.1. The minimum Gasteiger partial charge on any atom is -0.502 e. The minimum atomic E-state index is -0.232. The van der Waals surface area contributed by atoms with E-state index in [-0.39, 0.29) is 24.0 Å². The SMILES string of the molecule is CCc1ccccc1-n1ncc2c1NC(=O)CC2c1cc(OC)c(O)c(OC)c1. The predicted octanol–water partition coefficient (Wildman–Crippen LogP) is 3.63. The van der Waals surface area contributed by atoms with Gasteiger partial charge in [-0.05, 0) is 35.7 Å². The van der Waals surface area contributed by atoms with Crippen molar-refractivity contribution in [1.82, 2.24) is 9.78 Å². The summed E-state index contributed by atoms with van der Waals surface area (Å²) in [6.45, 7) is 2.09. The highest BCUT2D eigenvalue weighted by Crippen LogP contribution is 2.44. The van der Waals surface area contributed by atoms with E-state index in [0.717, 1.165) is 28.8 Å². The molecule has 1 aliphatic rings. The van der Waals surface area contributed by atoms with Crippen molar-refractivity contribution in [2.24, 2.45) is 0 Å². The molecule has 7 heteroatoms. The standard InChI is InChI=1S/C22H23N3O4/c1-4-13-7-5-6-8-17(13)25-22-16(12-23-25)15(11-20(26)24-22)14-9-18(28-2)21(27)19(10-14)29-3/h5-10,12,15,27H,4,11H2,1-3H3,(H,24,26). The van der Waals surface area contributed by atoms with Crippen molar-refractivity contribution >= 4 is 11.7 Å². The summed E-state index contributed by atoms with van der Waals surface area (Å²) in [6, 6.07) is 11.5. The number of aromatic hydroxyl groups is 1. The third kappa shape index (κ3) is 3.18. The molecule has 2 aromatic carbocycles. The molecule has 0 spiro atoms. The molecular formula is C22H23N3O4. The van der Waals surface area contributed by atoms with Gasteiger partial charge in [0.05, 0.1) is 26.1 Å². The van der Waals surface area contributed by atoms with E-state index >= 15 is 0 Å². The Kier molecular flexibility index (Phi) is 4.88. The number of hydrogen-bond donors (Lipinski definition) is 2. The molecule has 0 fully saturated rings. The number of rotatable bonds is 5.